The Labute approximate surface area is 100 Å². The summed E-state index contributed by atoms with van der Waals surface area (Å²) in [5, 5.41) is 12.7. The molecule has 0 aromatic heterocycles. The van der Waals surface area contributed by atoms with Gasteiger partial charge in [-0.1, -0.05) is 25.4 Å². The molecule has 1 rings (SSSR count). The number of hydrogen-bond donors (Lipinski definition) is 2. The predicted molar refractivity (Wildman–Crippen MR) is 64.4 cm³/mol. The highest BCUT2D eigenvalue weighted by atomic mass is 35.5. The molecule has 90 valence electrons. The molecule has 1 aromatic carbocycles. The molecule has 0 fully saturated rings. The molecule has 1 atom stereocenters. The smallest absolute Gasteiger partial charge is 0.145 e. The second-order valence-electron chi connectivity index (χ2n) is 4.13. The second-order valence-corrected chi connectivity index (χ2v) is 4.54. The van der Waals surface area contributed by atoms with E-state index < -0.39 is 11.9 Å². The Morgan fingerprint density at radius 3 is 2.56 bits per heavy atom. The summed E-state index contributed by atoms with van der Waals surface area (Å²) in [6.45, 7) is 4.20. The van der Waals surface area contributed by atoms with Crippen molar-refractivity contribution < 1.29 is 9.50 Å². The van der Waals surface area contributed by atoms with Crippen LogP contribution < -0.4 is 5.32 Å². The fourth-order valence-electron chi connectivity index (χ4n) is 1.56. The van der Waals surface area contributed by atoms with Gasteiger partial charge in [0.1, 0.15) is 5.82 Å². The van der Waals surface area contributed by atoms with Gasteiger partial charge in [-0.2, -0.15) is 0 Å². The normalized spacial score (nSPS) is 13.2. The summed E-state index contributed by atoms with van der Waals surface area (Å²) >= 11 is 5.80. The Balaban J connectivity index is 3.13. The van der Waals surface area contributed by atoms with Gasteiger partial charge in [0.05, 0.1) is 11.1 Å². The van der Waals surface area contributed by atoms with Gasteiger partial charge in [-0.25, -0.2) is 4.39 Å². The molecule has 0 saturated carbocycles. The SMILES string of the molecule is CNCC(O)c1cc(Cl)c(F)c(C(C)C)c1. The van der Waals surface area contributed by atoms with Crippen LogP contribution in [0.15, 0.2) is 12.1 Å². The third-order valence-electron chi connectivity index (χ3n) is 2.48. The van der Waals surface area contributed by atoms with Crippen LogP contribution in [-0.2, 0) is 0 Å². The standard InChI is InChI=1S/C12H17ClFNO/c1-7(2)9-4-8(11(16)6-15-3)5-10(13)12(9)14/h4-5,7,11,15-16H,6H2,1-3H3. The molecule has 0 amide bonds. The maximum atomic E-state index is 13.7. The van der Waals surface area contributed by atoms with Crippen LogP contribution in [-0.4, -0.2) is 18.7 Å². The molecule has 1 aromatic rings. The zero-order chi connectivity index (χ0) is 12.3. The quantitative estimate of drug-likeness (QED) is 0.855. The molecule has 0 aliphatic heterocycles. The topological polar surface area (TPSA) is 32.3 Å². The van der Waals surface area contributed by atoms with E-state index in [9.17, 15) is 9.50 Å². The molecule has 0 saturated heterocycles. The largest absolute Gasteiger partial charge is 0.387 e. The van der Waals surface area contributed by atoms with E-state index >= 15 is 0 Å². The summed E-state index contributed by atoms with van der Waals surface area (Å²) in [6, 6.07) is 3.15. The molecular formula is C12H17ClFNO. The van der Waals surface area contributed by atoms with Crippen LogP contribution >= 0.6 is 11.6 Å². The average Bonchev–Trinajstić information content (AvgIpc) is 2.21. The van der Waals surface area contributed by atoms with Crippen molar-refractivity contribution in [3.8, 4) is 0 Å². The monoisotopic (exact) mass is 245 g/mol. The second kappa shape index (κ2) is 5.62. The van der Waals surface area contributed by atoms with Gasteiger partial charge in [0.25, 0.3) is 0 Å². The van der Waals surface area contributed by atoms with Crippen LogP contribution in [0, 0.1) is 5.82 Å². The molecular weight excluding hydrogens is 229 g/mol. The maximum Gasteiger partial charge on any atom is 0.145 e. The van der Waals surface area contributed by atoms with Crippen molar-refractivity contribution in [3.63, 3.8) is 0 Å². The molecule has 2 nitrogen and oxygen atoms in total. The van der Waals surface area contributed by atoms with Crippen molar-refractivity contribution in [3.05, 3.63) is 34.1 Å². The van der Waals surface area contributed by atoms with Gasteiger partial charge in [-0.3, -0.25) is 0 Å². The molecule has 16 heavy (non-hydrogen) atoms. The summed E-state index contributed by atoms with van der Waals surface area (Å²) in [6.07, 6.45) is -0.666. The van der Waals surface area contributed by atoms with Crippen molar-refractivity contribution in [2.24, 2.45) is 0 Å². The van der Waals surface area contributed by atoms with E-state index in [0.717, 1.165) is 0 Å². The lowest BCUT2D eigenvalue weighted by Crippen LogP contribution is -2.17. The van der Waals surface area contributed by atoms with Gasteiger partial charge in [0, 0.05) is 6.54 Å². The number of aliphatic hydroxyl groups excluding tert-OH is 1. The molecule has 0 radical (unpaired) electrons. The molecule has 0 heterocycles. The van der Waals surface area contributed by atoms with Crippen LogP contribution in [0.5, 0.6) is 0 Å². The lowest BCUT2D eigenvalue weighted by molar-refractivity contribution is 0.177. The van der Waals surface area contributed by atoms with Crippen LogP contribution in [0.4, 0.5) is 4.39 Å². The first-order valence-corrected chi connectivity index (χ1v) is 5.66. The number of aliphatic hydroxyl groups is 1. The number of hydrogen-bond acceptors (Lipinski definition) is 2. The van der Waals surface area contributed by atoms with E-state index in [2.05, 4.69) is 5.32 Å². The number of halogens is 2. The van der Waals surface area contributed by atoms with E-state index in [1.807, 2.05) is 13.8 Å². The highest BCUT2D eigenvalue weighted by Gasteiger charge is 2.15. The van der Waals surface area contributed by atoms with E-state index in [1.54, 1.807) is 13.1 Å². The van der Waals surface area contributed by atoms with Crippen molar-refractivity contribution in [2.75, 3.05) is 13.6 Å². The van der Waals surface area contributed by atoms with Crippen molar-refractivity contribution in [1.29, 1.82) is 0 Å². The van der Waals surface area contributed by atoms with Crippen LogP contribution in [0.25, 0.3) is 0 Å². The summed E-state index contributed by atoms with van der Waals surface area (Å²) in [7, 11) is 1.75. The Hall–Kier alpha value is -0.640. The lowest BCUT2D eigenvalue weighted by Gasteiger charge is -2.15. The van der Waals surface area contributed by atoms with E-state index in [0.29, 0.717) is 17.7 Å². The molecule has 1 unspecified atom stereocenters. The molecule has 2 N–H and O–H groups in total. The van der Waals surface area contributed by atoms with Crippen molar-refractivity contribution in [2.45, 2.75) is 25.9 Å². The Morgan fingerprint density at radius 2 is 2.06 bits per heavy atom. The van der Waals surface area contributed by atoms with Gasteiger partial charge in [-0.05, 0) is 36.2 Å². The minimum Gasteiger partial charge on any atom is -0.387 e. The van der Waals surface area contributed by atoms with Gasteiger partial charge in [0.15, 0.2) is 0 Å². The Morgan fingerprint density at radius 1 is 1.44 bits per heavy atom. The molecule has 0 aliphatic rings. The zero-order valence-corrected chi connectivity index (χ0v) is 10.5. The summed E-state index contributed by atoms with van der Waals surface area (Å²) in [5.41, 5.74) is 1.18. The van der Waals surface area contributed by atoms with Gasteiger partial charge in [0.2, 0.25) is 0 Å². The highest BCUT2D eigenvalue weighted by molar-refractivity contribution is 6.30. The molecule has 0 aliphatic carbocycles. The van der Waals surface area contributed by atoms with Crippen LogP contribution in [0.1, 0.15) is 37.0 Å². The van der Waals surface area contributed by atoms with Crippen LogP contribution in [0.3, 0.4) is 0 Å². The first kappa shape index (κ1) is 13.4. The fraction of sp³-hybridized carbons (Fsp3) is 0.500. The Bertz CT molecular complexity index is 368. The van der Waals surface area contributed by atoms with Gasteiger partial charge < -0.3 is 10.4 Å². The number of nitrogens with one attached hydrogen (secondary N) is 1. The third-order valence-corrected chi connectivity index (χ3v) is 2.76. The maximum absolute atomic E-state index is 13.7. The number of benzene rings is 1. The first-order chi connectivity index (χ1) is 7.47. The first-order valence-electron chi connectivity index (χ1n) is 5.28. The fourth-order valence-corrected chi connectivity index (χ4v) is 1.79. The molecule has 4 heteroatoms. The Kier molecular flexibility index (Phi) is 4.71. The molecule has 0 spiro atoms. The number of rotatable bonds is 4. The highest BCUT2D eigenvalue weighted by Crippen LogP contribution is 2.28. The van der Waals surface area contributed by atoms with Crippen molar-refractivity contribution in [1.82, 2.24) is 5.32 Å². The van der Waals surface area contributed by atoms with E-state index in [1.165, 1.54) is 6.07 Å². The lowest BCUT2D eigenvalue weighted by atomic mass is 9.98. The minimum atomic E-state index is -0.666. The zero-order valence-electron chi connectivity index (χ0n) is 9.72. The summed E-state index contributed by atoms with van der Waals surface area (Å²) in [5.74, 6) is -0.351. The van der Waals surface area contributed by atoms with Gasteiger partial charge >= 0.3 is 0 Å². The summed E-state index contributed by atoms with van der Waals surface area (Å²) in [4.78, 5) is 0. The summed E-state index contributed by atoms with van der Waals surface area (Å²) < 4.78 is 13.7. The van der Waals surface area contributed by atoms with E-state index in [4.69, 9.17) is 11.6 Å². The minimum absolute atomic E-state index is 0.0410. The van der Waals surface area contributed by atoms with Gasteiger partial charge in [-0.15, -0.1) is 0 Å². The number of likely N-dealkylation sites (N-methyl/N-ethyl adjacent to an activating group) is 1. The predicted octanol–water partition coefficient (Wildman–Crippen LogP) is 2.86. The van der Waals surface area contributed by atoms with Crippen molar-refractivity contribution >= 4 is 11.6 Å². The third kappa shape index (κ3) is 2.94. The van der Waals surface area contributed by atoms with Crippen LogP contribution in [0.2, 0.25) is 5.02 Å². The molecule has 0 bridgehead atoms. The van der Waals surface area contributed by atoms with E-state index in [-0.39, 0.29) is 10.9 Å². The average molecular weight is 246 g/mol.